The van der Waals surface area contributed by atoms with Gasteiger partial charge in [-0.2, -0.15) is 0 Å². The van der Waals surface area contributed by atoms with E-state index < -0.39 is 0 Å². The second kappa shape index (κ2) is 8.29. The van der Waals surface area contributed by atoms with Crippen molar-refractivity contribution in [2.24, 2.45) is 0 Å². The first-order chi connectivity index (χ1) is 13.6. The highest BCUT2D eigenvalue weighted by molar-refractivity contribution is 6.04. The van der Waals surface area contributed by atoms with E-state index in [-0.39, 0.29) is 5.91 Å². The molecular weight excluding hydrogens is 350 g/mol. The number of anilines is 3. The molecule has 1 N–H and O–H groups in total. The number of rotatable bonds is 5. The normalized spacial score (nSPS) is 19.1. The van der Waals surface area contributed by atoms with Crippen molar-refractivity contribution in [1.82, 2.24) is 14.8 Å². The first-order valence-corrected chi connectivity index (χ1v) is 10.1. The van der Waals surface area contributed by atoms with E-state index in [1.807, 2.05) is 37.4 Å². The molecule has 2 aliphatic heterocycles. The number of fused-ring (bicyclic) bond motifs is 2. The fraction of sp³-hybridized carbons (Fsp3) is 0.455. The maximum absolute atomic E-state index is 13.4. The van der Waals surface area contributed by atoms with Gasteiger partial charge in [0.15, 0.2) is 5.82 Å². The molecule has 0 saturated carbocycles. The standard InChI is InChI=1S/C22H29N5O/c1-25(14-11-18-8-6-13-26(18)2)16-21(28)27-20-10-4-3-7-17(20)15-24-19-9-5-12-23-22(19)27/h3-5,7,9-10,12,18,24H,6,8,11,13-16H2,1-2H3. The zero-order valence-corrected chi connectivity index (χ0v) is 16.8. The predicted octanol–water partition coefficient (Wildman–Crippen LogP) is 3.09. The summed E-state index contributed by atoms with van der Waals surface area (Å²) >= 11 is 0. The van der Waals surface area contributed by atoms with Crippen molar-refractivity contribution in [2.75, 3.05) is 43.9 Å². The van der Waals surface area contributed by atoms with E-state index in [1.54, 1.807) is 11.1 Å². The summed E-state index contributed by atoms with van der Waals surface area (Å²) in [5.41, 5.74) is 2.91. The fourth-order valence-corrected chi connectivity index (χ4v) is 4.24. The summed E-state index contributed by atoms with van der Waals surface area (Å²) in [6.45, 7) is 3.17. The molecule has 1 aromatic carbocycles. The molecule has 6 heteroatoms. The highest BCUT2D eigenvalue weighted by Gasteiger charge is 2.28. The Labute approximate surface area is 167 Å². The van der Waals surface area contributed by atoms with Gasteiger partial charge in [0.25, 0.3) is 0 Å². The van der Waals surface area contributed by atoms with Crippen LogP contribution in [0.25, 0.3) is 0 Å². The fourth-order valence-electron chi connectivity index (χ4n) is 4.24. The second-order valence-electron chi connectivity index (χ2n) is 7.89. The quantitative estimate of drug-likeness (QED) is 0.865. The number of carbonyl (C=O) groups is 1. The van der Waals surface area contributed by atoms with Crippen molar-refractivity contribution in [3.63, 3.8) is 0 Å². The van der Waals surface area contributed by atoms with Gasteiger partial charge in [-0.05, 0) is 70.2 Å². The first kappa shape index (κ1) is 18.9. The van der Waals surface area contributed by atoms with Crippen LogP contribution in [0.3, 0.4) is 0 Å². The molecule has 0 bridgehead atoms. The molecule has 4 rings (SSSR count). The molecule has 0 spiro atoms. The number of hydrogen-bond acceptors (Lipinski definition) is 5. The van der Waals surface area contributed by atoms with Crippen LogP contribution in [0.15, 0.2) is 42.6 Å². The van der Waals surface area contributed by atoms with Gasteiger partial charge in [-0.1, -0.05) is 18.2 Å². The molecule has 1 atom stereocenters. The number of likely N-dealkylation sites (tertiary alicyclic amines) is 1. The van der Waals surface area contributed by atoms with E-state index in [0.717, 1.165) is 29.9 Å². The molecule has 1 aromatic heterocycles. The first-order valence-electron chi connectivity index (χ1n) is 10.1. The van der Waals surface area contributed by atoms with E-state index in [1.165, 1.54) is 19.4 Å². The minimum absolute atomic E-state index is 0.0541. The summed E-state index contributed by atoms with van der Waals surface area (Å²) in [4.78, 5) is 24.2. The molecule has 1 unspecified atom stereocenters. The van der Waals surface area contributed by atoms with Crippen LogP contribution in [0.4, 0.5) is 17.2 Å². The third kappa shape index (κ3) is 3.88. The largest absolute Gasteiger partial charge is 0.378 e. The van der Waals surface area contributed by atoms with E-state index >= 15 is 0 Å². The smallest absolute Gasteiger partial charge is 0.246 e. The number of pyridine rings is 1. The lowest BCUT2D eigenvalue weighted by atomic mass is 10.1. The minimum atomic E-state index is 0.0541. The van der Waals surface area contributed by atoms with Gasteiger partial charge in [0.1, 0.15) is 0 Å². The van der Waals surface area contributed by atoms with Crippen LogP contribution in [0.2, 0.25) is 0 Å². The van der Waals surface area contributed by atoms with Crippen LogP contribution < -0.4 is 10.2 Å². The minimum Gasteiger partial charge on any atom is -0.378 e. The highest BCUT2D eigenvalue weighted by Crippen LogP contribution is 2.36. The molecular formula is C22H29N5O. The predicted molar refractivity (Wildman–Crippen MR) is 113 cm³/mol. The summed E-state index contributed by atoms with van der Waals surface area (Å²) in [5, 5.41) is 3.41. The van der Waals surface area contributed by atoms with Crippen molar-refractivity contribution >= 4 is 23.1 Å². The Morgan fingerprint density at radius 2 is 2.14 bits per heavy atom. The SMILES string of the molecule is CN(CCC1CCCN1C)CC(=O)N1c2ccccc2CNc2cccnc21. The number of nitrogens with zero attached hydrogens (tertiary/aromatic N) is 4. The van der Waals surface area contributed by atoms with Crippen molar-refractivity contribution in [2.45, 2.75) is 31.8 Å². The highest BCUT2D eigenvalue weighted by atomic mass is 16.2. The van der Waals surface area contributed by atoms with Gasteiger partial charge in [-0.3, -0.25) is 14.6 Å². The topological polar surface area (TPSA) is 51.7 Å². The zero-order valence-electron chi connectivity index (χ0n) is 16.8. The molecule has 28 heavy (non-hydrogen) atoms. The summed E-state index contributed by atoms with van der Waals surface area (Å²) in [5.74, 6) is 0.736. The van der Waals surface area contributed by atoms with Crippen LogP contribution in [0.5, 0.6) is 0 Å². The van der Waals surface area contributed by atoms with Crippen LogP contribution in [-0.4, -0.2) is 60.5 Å². The van der Waals surface area contributed by atoms with E-state index in [4.69, 9.17) is 0 Å². The van der Waals surface area contributed by atoms with Crippen LogP contribution in [0.1, 0.15) is 24.8 Å². The molecule has 1 saturated heterocycles. The van der Waals surface area contributed by atoms with Crippen LogP contribution >= 0.6 is 0 Å². The lowest BCUT2D eigenvalue weighted by molar-refractivity contribution is -0.118. The van der Waals surface area contributed by atoms with Gasteiger partial charge >= 0.3 is 0 Å². The zero-order chi connectivity index (χ0) is 19.5. The molecule has 6 nitrogen and oxygen atoms in total. The number of nitrogens with one attached hydrogen (secondary N) is 1. The molecule has 1 fully saturated rings. The van der Waals surface area contributed by atoms with Gasteiger partial charge in [-0.15, -0.1) is 0 Å². The number of aromatic nitrogens is 1. The number of carbonyl (C=O) groups excluding carboxylic acids is 1. The number of para-hydroxylation sites is 1. The average molecular weight is 380 g/mol. The third-order valence-electron chi connectivity index (χ3n) is 5.87. The Hall–Kier alpha value is -2.44. The average Bonchev–Trinajstić information content (AvgIpc) is 3.03. The molecule has 148 valence electrons. The summed E-state index contributed by atoms with van der Waals surface area (Å²) in [6.07, 6.45) is 5.40. The Balaban J connectivity index is 1.51. The maximum Gasteiger partial charge on any atom is 0.246 e. The number of hydrogen-bond donors (Lipinski definition) is 1. The Kier molecular flexibility index (Phi) is 5.59. The number of benzene rings is 1. The number of likely N-dealkylation sites (N-methyl/N-ethyl adjacent to an activating group) is 1. The summed E-state index contributed by atoms with van der Waals surface area (Å²) in [6, 6.07) is 12.6. The van der Waals surface area contributed by atoms with Gasteiger partial charge in [0, 0.05) is 18.8 Å². The monoisotopic (exact) mass is 379 g/mol. The molecule has 0 radical (unpaired) electrons. The van der Waals surface area contributed by atoms with Crippen molar-refractivity contribution in [1.29, 1.82) is 0 Å². The summed E-state index contributed by atoms with van der Waals surface area (Å²) < 4.78 is 0. The summed E-state index contributed by atoms with van der Waals surface area (Å²) in [7, 11) is 4.24. The lowest BCUT2D eigenvalue weighted by Gasteiger charge is -2.27. The Morgan fingerprint density at radius 3 is 2.96 bits per heavy atom. The lowest BCUT2D eigenvalue weighted by Crippen LogP contribution is -2.38. The number of amides is 1. The van der Waals surface area contributed by atoms with Gasteiger partial charge < -0.3 is 10.2 Å². The Bertz CT molecular complexity index is 792. The third-order valence-corrected chi connectivity index (χ3v) is 5.87. The van der Waals surface area contributed by atoms with Crippen molar-refractivity contribution in [3.05, 3.63) is 48.2 Å². The molecule has 0 aliphatic carbocycles. The molecule has 1 amide bonds. The van der Waals surface area contributed by atoms with E-state index in [0.29, 0.717) is 24.9 Å². The van der Waals surface area contributed by atoms with Crippen LogP contribution in [-0.2, 0) is 11.3 Å². The van der Waals surface area contributed by atoms with Crippen molar-refractivity contribution < 1.29 is 4.79 Å². The Morgan fingerprint density at radius 1 is 1.29 bits per heavy atom. The van der Waals surface area contributed by atoms with Gasteiger partial charge in [0.2, 0.25) is 5.91 Å². The van der Waals surface area contributed by atoms with Crippen LogP contribution in [0, 0.1) is 0 Å². The van der Waals surface area contributed by atoms with Crippen molar-refractivity contribution in [3.8, 4) is 0 Å². The maximum atomic E-state index is 13.4. The van der Waals surface area contributed by atoms with E-state index in [9.17, 15) is 4.79 Å². The molecule has 3 heterocycles. The molecule has 2 aromatic rings. The van der Waals surface area contributed by atoms with Gasteiger partial charge in [-0.25, -0.2) is 4.98 Å². The molecule has 2 aliphatic rings. The van der Waals surface area contributed by atoms with E-state index in [2.05, 4.69) is 33.2 Å². The second-order valence-corrected chi connectivity index (χ2v) is 7.89. The van der Waals surface area contributed by atoms with Gasteiger partial charge in [0.05, 0.1) is 17.9 Å².